The summed E-state index contributed by atoms with van der Waals surface area (Å²) in [6, 6.07) is 11.0. The summed E-state index contributed by atoms with van der Waals surface area (Å²) in [5.74, 6) is 0. The van der Waals surface area contributed by atoms with Crippen LogP contribution in [-0.4, -0.2) is 15.0 Å². The zero-order valence-corrected chi connectivity index (χ0v) is 12.9. The van der Waals surface area contributed by atoms with E-state index in [1.54, 1.807) is 4.46 Å². The molecule has 0 aromatic heterocycles. The first-order valence-electron chi connectivity index (χ1n) is 7.11. The molecule has 0 radical (unpaired) electrons. The quantitative estimate of drug-likeness (QED) is 0.438. The van der Waals surface area contributed by atoms with Crippen LogP contribution in [0.4, 0.5) is 0 Å². The molecule has 0 nitrogen and oxygen atoms in total. The van der Waals surface area contributed by atoms with Crippen LogP contribution in [0.1, 0.15) is 58.3 Å². The molecule has 0 aliphatic rings. The molecule has 0 amide bonds. The summed E-state index contributed by atoms with van der Waals surface area (Å²) in [4.78, 5) is 0. The number of rotatable bonds is 10. The Morgan fingerprint density at radius 3 is 2.00 bits per heavy atom. The van der Waals surface area contributed by atoms with Gasteiger partial charge >= 0.3 is 113 Å². The molecule has 0 atom stereocenters. The third kappa shape index (κ3) is 8.46. The molecule has 17 heavy (non-hydrogen) atoms. The van der Waals surface area contributed by atoms with Crippen LogP contribution in [0.15, 0.2) is 30.3 Å². The van der Waals surface area contributed by atoms with E-state index >= 15 is 0 Å². The summed E-state index contributed by atoms with van der Waals surface area (Å²) < 4.78 is 1.56. The van der Waals surface area contributed by atoms with Crippen molar-refractivity contribution >= 4 is 19.4 Å². The number of hydrogen-bond acceptors (Lipinski definition) is 0. The maximum absolute atomic E-state index is 2.28. The van der Waals surface area contributed by atoms with Crippen molar-refractivity contribution in [3.8, 4) is 0 Å². The molecule has 0 saturated carbocycles. The van der Waals surface area contributed by atoms with Gasteiger partial charge in [0.15, 0.2) is 0 Å². The molecule has 0 unspecified atom stereocenters. The van der Waals surface area contributed by atoms with Crippen molar-refractivity contribution in [1.82, 2.24) is 0 Å². The fourth-order valence-electron chi connectivity index (χ4n) is 1.94. The van der Waals surface area contributed by atoms with Gasteiger partial charge in [0.1, 0.15) is 0 Å². The van der Waals surface area contributed by atoms with Crippen molar-refractivity contribution in [3.05, 3.63) is 30.3 Å². The standard InChI is InChI=1S/C16H26Se/c1-2-3-4-5-6-7-8-12-15-17-16-13-10-9-11-14-16/h9-11,13-14H,2-8,12,15H2,1H3. The molecule has 1 rings (SSSR count). The minimum absolute atomic E-state index is 0.712. The maximum atomic E-state index is 2.28. The van der Waals surface area contributed by atoms with Gasteiger partial charge in [-0.05, 0) is 0 Å². The Balaban J connectivity index is 1.85. The molecule has 0 heterocycles. The molecule has 0 fully saturated rings. The van der Waals surface area contributed by atoms with E-state index < -0.39 is 0 Å². The Morgan fingerprint density at radius 2 is 1.35 bits per heavy atom. The fourth-order valence-corrected chi connectivity index (χ4v) is 3.90. The molecule has 1 aromatic rings. The van der Waals surface area contributed by atoms with E-state index in [1.165, 1.54) is 56.7 Å². The normalized spacial score (nSPS) is 10.6. The van der Waals surface area contributed by atoms with Crippen molar-refractivity contribution in [3.63, 3.8) is 0 Å². The zero-order valence-electron chi connectivity index (χ0n) is 11.2. The van der Waals surface area contributed by atoms with Crippen molar-refractivity contribution in [1.29, 1.82) is 0 Å². The monoisotopic (exact) mass is 298 g/mol. The predicted octanol–water partition coefficient (Wildman–Crippen LogP) is 4.58. The summed E-state index contributed by atoms with van der Waals surface area (Å²) in [6.07, 6.45) is 11.5. The third-order valence-electron chi connectivity index (χ3n) is 3.01. The summed E-state index contributed by atoms with van der Waals surface area (Å²) in [5, 5.41) is 1.42. The Kier molecular flexibility index (Phi) is 9.46. The van der Waals surface area contributed by atoms with E-state index in [0.29, 0.717) is 15.0 Å². The molecule has 1 heteroatoms. The van der Waals surface area contributed by atoms with Crippen LogP contribution in [0.25, 0.3) is 0 Å². The van der Waals surface area contributed by atoms with Crippen LogP contribution in [0.2, 0.25) is 5.32 Å². The van der Waals surface area contributed by atoms with Crippen LogP contribution >= 0.6 is 0 Å². The summed E-state index contributed by atoms with van der Waals surface area (Å²) in [6.45, 7) is 2.28. The van der Waals surface area contributed by atoms with Gasteiger partial charge in [-0.2, -0.15) is 0 Å². The van der Waals surface area contributed by atoms with E-state index in [-0.39, 0.29) is 0 Å². The SMILES string of the molecule is CCCCCCCCCC[Se]c1ccccc1. The molecule has 0 aliphatic carbocycles. The summed E-state index contributed by atoms with van der Waals surface area (Å²) in [7, 11) is 0. The number of hydrogen-bond donors (Lipinski definition) is 0. The van der Waals surface area contributed by atoms with Crippen LogP contribution in [0, 0.1) is 0 Å². The van der Waals surface area contributed by atoms with Crippen LogP contribution in [-0.2, 0) is 0 Å². The van der Waals surface area contributed by atoms with E-state index in [4.69, 9.17) is 0 Å². The molecular weight excluding hydrogens is 271 g/mol. The molecule has 0 spiro atoms. The van der Waals surface area contributed by atoms with Gasteiger partial charge in [0.2, 0.25) is 0 Å². The van der Waals surface area contributed by atoms with Crippen LogP contribution < -0.4 is 4.46 Å². The minimum atomic E-state index is 0.712. The van der Waals surface area contributed by atoms with Gasteiger partial charge in [0.05, 0.1) is 0 Å². The first-order valence-corrected chi connectivity index (χ1v) is 9.18. The van der Waals surface area contributed by atoms with Gasteiger partial charge in [0, 0.05) is 0 Å². The van der Waals surface area contributed by atoms with E-state index in [1.807, 2.05) is 0 Å². The van der Waals surface area contributed by atoms with Gasteiger partial charge in [-0.3, -0.25) is 0 Å². The van der Waals surface area contributed by atoms with Crippen molar-refractivity contribution in [2.45, 2.75) is 63.6 Å². The molecule has 0 aliphatic heterocycles. The van der Waals surface area contributed by atoms with Gasteiger partial charge in [0.25, 0.3) is 0 Å². The van der Waals surface area contributed by atoms with Crippen molar-refractivity contribution in [2.75, 3.05) is 0 Å². The van der Waals surface area contributed by atoms with Gasteiger partial charge in [-0.15, -0.1) is 0 Å². The molecule has 0 N–H and O–H groups in total. The first-order chi connectivity index (χ1) is 8.43. The fraction of sp³-hybridized carbons (Fsp3) is 0.625. The summed E-state index contributed by atoms with van der Waals surface area (Å²) in [5.41, 5.74) is 0. The molecular formula is C16H26Se. The second-order valence-electron chi connectivity index (χ2n) is 4.64. The molecule has 96 valence electrons. The Hall–Kier alpha value is -0.261. The molecule has 1 aromatic carbocycles. The van der Waals surface area contributed by atoms with Crippen molar-refractivity contribution < 1.29 is 0 Å². The van der Waals surface area contributed by atoms with Gasteiger partial charge in [-0.1, -0.05) is 0 Å². The van der Waals surface area contributed by atoms with E-state index in [2.05, 4.69) is 37.3 Å². The molecule has 0 bridgehead atoms. The van der Waals surface area contributed by atoms with Crippen LogP contribution in [0.3, 0.4) is 0 Å². The Bertz CT molecular complexity index is 255. The second kappa shape index (κ2) is 10.9. The van der Waals surface area contributed by atoms with Gasteiger partial charge in [-0.25, -0.2) is 0 Å². The third-order valence-corrected chi connectivity index (χ3v) is 5.31. The van der Waals surface area contributed by atoms with E-state index in [9.17, 15) is 0 Å². The molecule has 0 saturated heterocycles. The van der Waals surface area contributed by atoms with Gasteiger partial charge < -0.3 is 0 Å². The average Bonchev–Trinajstić information content (AvgIpc) is 2.38. The number of unbranched alkanes of at least 4 members (excludes halogenated alkanes) is 7. The topological polar surface area (TPSA) is 0 Å². The summed E-state index contributed by atoms with van der Waals surface area (Å²) >= 11 is 0.712. The van der Waals surface area contributed by atoms with Crippen molar-refractivity contribution in [2.24, 2.45) is 0 Å². The second-order valence-corrected chi connectivity index (χ2v) is 7.09. The Labute approximate surface area is 113 Å². The predicted molar refractivity (Wildman–Crippen MR) is 79.2 cm³/mol. The first kappa shape index (κ1) is 14.8. The zero-order chi connectivity index (χ0) is 12.2. The average molecular weight is 297 g/mol. The van der Waals surface area contributed by atoms with E-state index in [0.717, 1.165) is 0 Å². The van der Waals surface area contributed by atoms with Crippen LogP contribution in [0.5, 0.6) is 0 Å². The Morgan fingerprint density at radius 1 is 0.765 bits per heavy atom. The number of benzene rings is 1.